The van der Waals surface area contributed by atoms with Gasteiger partial charge in [-0.05, 0) is 42.3 Å². The Balaban J connectivity index is 1.94. The van der Waals surface area contributed by atoms with Crippen molar-refractivity contribution in [3.8, 4) is 0 Å². The molecule has 1 heterocycles. The summed E-state index contributed by atoms with van der Waals surface area (Å²) in [4.78, 5) is 2.13. The molecule has 0 atom stereocenters. The number of fused-ring (bicyclic) bond motifs is 3. The van der Waals surface area contributed by atoms with E-state index < -0.39 is 0 Å². The van der Waals surface area contributed by atoms with Crippen LogP contribution in [0.2, 0.25) is 0 Å². The molecule has 0 spiro atoms. The lowest BCUT2D eigenvalue weighted by molar-refractivity contribution is 0.628. The SMILES string of the molecule is CCc1cccc2c1sc1c(N(C)c3ccc(F)cc3)cccc12. The number of aryl methyl sites for hydroxylation is 1. The minimum atomic E-state index is -0.209. The first-order valence-electron chi connectivity index (χ1n) is 8.11. The highest BCUT2D eigenvalue weighted by Crippen LogP contribution is 2.42. The number of anilines is 2. The van der Waals surface area contributed by atoms with Crippen LogP contribution < -0.4 is 4.90 Å². The summed E-state index contributed by atoms with van der Waals surface area (Å²) in [6.45, 7) is 2.20. The Labute approximate surface area is 145 Å². The quantitative estimate of drug-likeness (QED) is 0.412. The number of rotatable bonds is 3. The van der Waals surface area contributed by atoms with Gasteiger partial charge in [0.05, 0.1) is 10.4 Å². The van der Waals surface area contributed by atoms with Crippen molar-refractivity contribution in [3.05, 3.63) is 72.0 Å². The topological polar surface area (TPSA) is 3.24 Å². The summed E-state index contributed by atoms with van der Waals surface area (Å²) in [7, 11) is 2.03. The third-order valence-corrected chi connectivity index (χ3v) is 5.86. The molecular formula is C21H18FNS. The van der Waals surface area contributed by atoms with E-state index in [9.17, 15) is 4.39 Å². The first-order chi connectivity index (χ1) is 11.7. The molecule has 0 aliphatic heterocycles. The van der Waals surface area contributed by atoms with Gasteiger partial charge < -0.3 is 4.90 Å². The molecule has 0 unspecified atom stereocenters. The molecule has 0 amide bonds. The highest BCUT2D eigenvalue weighted by atomic mass is 32.1. The van der Waals surface area contributed by atoms with Gasteiger partial charge in [-0.2, -0.15) is 0 Å². The minimum Gasteiger partial charge on any atom is -0.343 e. The van der Waals surface area contributed by atoms with Crippen LogP contribution in [-0.2, 0) is 6.42 Å². The van der Waals surface area contributed by atoms with E-state index in [1.807, 2.05) is 30.5 Å². The van der Waals surface area contributed by atoms with Crippen LogP contribution in [-0.4, -0.2) is 7.05 Å². The molecule has 0 bridgehead atoms. The average molecular weight is 335 g/mol. The van der Waals surface area contributed by atoms with Crippen molar-refractivity contribution in [2.45, 2.75) is 13.3 Å². The zero-order valence-corrected chi connectivity index (χ0v) is 14.5. The van der Waals surface area contributed by atoms with E-state index in [2.05, 4.69) is 48.2 Å². The van der Waals surface area contributed by atoms with Crippen molar-refractivity contribution < 1.29 is 4.39 Å². The lowest BCUT2D eigenvalue weighted by atomic mass is 10.1. The van der Waals surface area contributed by atoms with Crippen LogP contribution >= 0.6 is 11.3 Å². The van der Waals surface area contributed by atoms with Crippen LogP contribution in [0.15, 0.2) is 60.7 Å². The molecule has 0 aliphatic carbocycles. The Morgan fingerprint density at radius 2 is 1.54 bits per heavy atom. The molecule has 0 radical (unpaired) electrons. The second-order valence-electron chi connectivity index (χ2n) is 5.94. The van der Waals surface area contributed by atoms with Crippen molar-refractivity contribution in [2.24, 2.45) is 0 Å². The van der Waals surface area contributed by atoms with Gasteiger partial charge in [0.15, 0.2) is 0 Å². The maximum Gasteiger partial charge on any atom is 0.123 e. The average Bonchev–Trinajstić information content (AvgIpc) is 3.00. The lowest BCUT2D eigenvalue weighted by Gasteiger charge is -2.20. The maximum atomic E-state index is 13.2. The number of thiophene rings is 1. The molecule has 1 nitrogen and oxygen atoms in total. The van der Waals surface area contributed by atoms with Gasteiger partial charge in [-0.25, -0.2) is 4.39 Å². The summed E-state index contributed by atoms with van der Waals surface area (Å²) in [5.74, 6) is -0.209. The minimum absolute atomic E-state index is 0.209. The standard InChI is InChI=1S/C21H18FNS/c1-3-14-6-4-7-17-18-8-5-9-19(21(18)24-20(14)17)23(2)16-12-10-15(22)11-13-16/h4-13H,3H2,1-2H3. The van der Waals surface area contributed by atoms with Crippen molar-refractivity contribution in [3.63, 3.8) is 0 Å². The Bertz CT molecular complexity index is 1020. The number of halogens is 1. The number of hydrogen-bond acceptors (Lipinski definition) is 2. The van der Waals surface area contributed by atoms with Gasteiger partial charge in [0.1, 0.15) is 5.82 Å². The number of nitrogens with zero attached hydrogens (tertiary/aromatic N) is 1. The zero-order valence-electron chi connectivity index (χ0n) is 13.7. The van der Waals surface area contributed by atoms with E-state index in [4.69, 9.17) is 0 Å². The largest absolute Gasteiger partial charge is 0.343 e. The summed E-state index contributed by atoms with van der Waals surface area (Å²) in [5, 5.41) is 2.61. The first kappa shape index (κ1) is 15.2. The highest BCUT2D eigenvalue weighted by molar-refractivity contribution is 7.26. The van der Waals surface area contributed by atoms with E-state index in [0.717, 1.165) is 17.8 Å². The molecule has 4 aromatic rings. The summed E-state index contributed by atoms with van der Waals surface area (Å²) in [6, 6.07) is 19.6. The Morgan fingerprint density at radius 3 is 2.25 bits per heavy atom. The molecule has 3 heteroatoms. The Hall–Kier alpha value is -2.39. The predicted molar refractivity (Wildman–Crippen MR) is 103 cm³/mol. The second-order valence-corrected chi connectivity index (χ2v) is 6.96. The third kappa shape index (κ3) is 2.36. The summed E-state index contributed by atoms with van der Waals surface area (Å²) >= 11 is 1.85. The molecule has 120 valence electrons. The van der Waals surface area contributed by atoms with Crippen molar-refractivity contribution in [2.75, 3.05) is 11.9 Å². The summed E-state index contributed by atoms with van der Waals surface area (Å²) in [5.41, 5.74) is 3.53. The van der Waals surface area contributed by atoms with Crippen LogP contribution in [0.25, 0.3) is 20.2 Å². The van der Waals surface area contributed by atoms with Crippen molar-refractivity contribution in [1.82, 2.24) is 0 Å². The van der Waals surface area contributed by atoms with Gasteiger partial charge in [-0.1, -0.05) is 37.3 Å². The van der Waals surface area contributed by atoms with Crippen LogP contribution in [0.5, 0.6) is 0 Å². The Morgan fingerprint density at radius 1 is 0.875 bits per heavy atom. The smallest absolute Gasteiger partial charge is 0.123 e. The van der Waals surface area contributed by atoms with E-state index in [1.54, 1.807) is 0 Å². The van der Waals surface area contributed by atoms with Gasteiger partial charge in [0.25, 0.3) is 0 Å². The van der Waals surface area contributed by atoms with E-state index in [1.165, 1.54) is 37.9 Å². The van der Waals surface area contributed by atoms with E-state index >= 15 is 0 Å². The van der Waals surface area contributed by atoms with Crippen molar-refractivity contribution in [1.29, 1.82) is 0 Å². The molecule has 24 heavy (non-hydrogen) atoms. The molecular weight excluding hydrogens is 317 g/mol. The van der Waals surface area contributed by atoms with Gasteiger partial charge in [0.2, 0.25) is 0 Å². The molecule has 0 saturated heterocycles. The Kier molecular flexibility index (Phi) is 3.73. The molecule has 0 N–H and O–H groups in total. The molecule has 4 rings (SSSR count). The summed E-state index contributed by atoms with van der Waals surface area (Å²) < 4.78 is 15.9. The van der Waals surface area contributed by atoms with Crippen LogP contribution in [0.3, 0.4) is 0 Å². The third-order valence-electron chi connectivity index (χ3n) is 4.54. The summed E-state index contributed by atoms with van der Waals surface area (Å²) in [6.07, 6.45) is 1.04. The van der Waals surface area contributed by atoms with Gasteiger partial charge in [-0.3, -0.25) is 0 Å². The fourth-order valence-corrected chi connectivity index (χ4v) is 4.64. The lowest BCUT2D eigenvalue weighted by Crippen LogP contribution is -2.09. The van der Waals surface area contributed by atoms with Crippen molar-refractivity contribution >= 4 is 42.9 Å². The van der Waals surface area contributed by atoms with Gasteiger partial charge in [-0.15, -0.1) is 11.3 Å². The second kappa shape index (κ2) is 5.91. The predicted octanol–water partition coefficient (Wildman–Crippen LogP) is 6.52. The fourth-order valence-electron chi connectivity index (χ4n) is 3.21. The van der Waals surface area contributed by atoms with Crippen LogP contribution in [0.4, 0.5) is 15.8 Å². The number of hydrogen-bond donors (Lipinski definition) is 0. The van der Waals surface area contributed by atoms with Gasteiger partial charge in [0, 0.05) is 28.2 Å². The molecule has 3 aromatic carbocycles. The van der Waals surface area contributed by atoms with E-state index in [-0.39, 0.29) is 5.82 Å². The van der Waals surface area contributed by atoms with E-state index in [0.29, 0.717) is 0 Å². The number of benzene rings is 3. The fraction of sp³-hybridized carbons (Fsp3) is 0.143. The molecule has 0 saturated carbocycles. The monoisotopic (exact) mass is 335 g/mol. The molecule has 0 aliphatic rings. The first-order valence-corrected chi connectivity index (χ1v) is 8.93. The van der Waals surface area contributed by atoms with Gasteiger partial charge >= 0.3 is 0 Å². The normalized spacial score (nSPS) is 11.3. The van der Waals surface area contributed by atoms with Crippen LogP contribution in [0.1, 0.15) is 12.5 Å². The molecule has 0 fully saturated rings. The van der Waals surface area contributed by atoms with Crippen LogP contribution in [0, 0.1) is 5.82 Å². The highest BCUT2D eigenvalue weighted by Gasteiger charge is 2.14. The molecule has 1 aromatic heterocycles. The maximum absolute atomic E-state index is 13.2. The zero-order chi connectivity index (χ0) is 16.7.